The van der Waals surface area contributed by atoms with E-state index in [0.29, 0.717) is 5.56 Å². The quantitative estimate of drug-likeness (QED) is 0.672. The summed E-state index contributed by atoms with van der Waals surface area (Å²) in [6, 6.07) is 2.98. The Kier molecular flexibility index (Phi) is 3.22. The van der Waals surface area contributed by atoms with E-state index in [9.17, 15) is 14.0 Å². The van der Waals surface area contributed by atoms with Crippen LogP contribution in [-0.2, 0) is 11.2 Å². The molecule has 0 atom stereocenters. The molecule has 80 valence electrons. The first-order chi connectivity index (χ1) is 6.99. The molecule has 1 rings (SSSR count). The third-order valence-corrected chi connectivity index (χ3v) is 1.67. The average Bonchev–Trinajstić information content (AvgIpc) is 2.09. The van der Waals surface area contributed by atoms with Gasteiger partial charge in [0, 0.05) is 0 Å². The number of benzene rings is 1. The van der Waals surface area contributed by atoms with Gasteiger partial charge in [0.2, 0.25) is 5.91 Å². The number of nitrogens with one attached hydrogen (secondary N) is 1. The van der Waals surface area contributed by atoms with Crippen molar-refractivity contribution in [2.45, 2.75) is 6.42 Å². The molecule has 0 aromatic heterocycles. The van der Waals surface area contributed by atoms with Crippen molar-refractivity contribution in [3.63, 3.8) is 0 Å². The third kappa shape index (κ3) is 3.26. The molecule has 3 amide bonds. The molecular weight excluding hydrogens is 201 g/mol. The van der Waals surface area contributed by atoms with Crippen LogP contribution in [0.25, 0.3) is 0 Å². The molecule has 0 bridgehead atoms. The summed E-state index contributed by atoms with van der Waals surface area (Å²) in [7, 11) is 0. The average molecular weight is 211 g/mol. The van der Waals surface area contributed by atoms with Crippen LogP contribution in [0, 0.1) is 5.82 Å². The second-order valence-electron chi connectivity index (χ2n) is 2.95. The molecule has 0 spiro atoms. The first-order valence-corrected chi connectivity index (χ1v) is 4.12. The van der Waals surface area contributed by atoms with Gasteiger partial charge in [0.25, 0.3) is 0 Å². The Bertz CT molecular complexity index is 406. The van der Waals surface area contributed by atoms with Gasteiger partial charge in [0.1, 0.15) is 5.82 Å². The maximum Gasteiger partial charge on any atom is 0.316 e. The molecule has 0 heterocycles. The number of nitrogens with two attached hydrogens (primary N) is 2. The molecular formula is C9H10FN3O2. The van der Waals surface area contributed by atoms with Gasteiger partial charge in [-0.05, 0) is 17.7 Å². The number of halogens is 1. The van der Waals surface area contributed by atoms with E-state index in [4.69, 9.17) is 11.5 Å². The highest BCUT2D eigenvalue weighted by molar-refractivity contribution is 5.88. The largest absolute Gasteiger partial charge is 0.369 e. The topological polar surface area (TPSA) is 98.2 Å². The fraction of sp³-hybridized carbons (Fsp3) is 0.111. The standard InChI is InChI=1S/C9H10FN3O2/c10-6-2-1-5(4-8(11)14)3-7(6)13-9(12)15/h1-3H,4H2,(H2,11,14)(H3,12,13,15). The lowest BCUT2D eigenvalue weighted by atomic mass is 10.1. The molecule has 0 unspecified atom stereocenters. The smallest absolute Gasteiger partial charge is 0.316 e. The SMILES string of the molecule is NC(=O)Cc1ccc(F)c(NC(N)=O)c1. The minimum absolute atomic E-state index is 0.0201. The highest BCUT2D eigenvalue weighted by Crippen LogP contribution is 2.16. The summed E-state index contributed by atoms with van der Waals surface area (Å²) in [5, 5.41) is 2.10. The van der Waals surface area contributed by atoms with Gasteiger partial charge in [-0.15, -0.1) is 0 Å². The second-order valence-corrected chi connectivity index (χ2v) is 2.95. The van der Waals surface area contributed by atoms with Crippen molar-refractivity contribution >= 4 is 17.6 Å². The molecule has 6 heteroatoms. The van der Waals surface area contributed by atoms with Crippen LogP contribution in [0.3, 0.4) is 0 Å². The van der Waals surface area contributed by atoms with Gasteiger partial charge < -0.3 is 16.8 Å². The molecule has 5 nitrogen and oxygen atoms in total. The molecule has 5 N–H and O–H groups in total. The summed E-state index contributed by atoms with van der Waals surface area (Å²) < 4.78 is 13.1. The fourth-order valence-corrected chi connectivity index (χ4v) is 1.11. The van der Waals surface area contributed by atoms with Crippen LogP contribution in [0.4, 0.5) is 14.9 Å². The summed E-state index contributed by atoms with van der Waals surface area (Å²) in [5.74, 6) is -1.16. The van der Waals surface area contributed by atoms with E-state index in [-0.39, 0.29) is 12.1 Å². The van der Waals surface area contributed by atoms with Crippen molar-refractivity contribution in [2.75, 3.05) is 5.32 Å². The number of carbonyl (C=O) groups is 2. The number of amides is 3. The van der Waals surface area contributed by atoms with E-state index in [1.807, 2.05) is 0 Å². The number of hydrogen-bond donors (Lipinski definition) is 3. The zero-order valence-corrected chi connectivity index (χ0v) is 7.79. The summed E-state index contributed by atoms with van der Waals surface area (Å²) in [6.45, 7) is 0. The summed E-state index contributed by atoms with van der Waals surface area (Å²) in [5.41, 5.74) is 10.2. The van der Waals surface area contributed by atoms with Crippen LogP contribution in [0.5, 0.6) is 0 Å². The number of urea groups is 1. The maximum atomic E-state index is 13.1. The molecule has 0 aliphatic heterocycles. The van der Waals surface area contributed by atoms with Gasteiger partial charge in [-0.25, -0.2) is 9.18 Å². The minimum atomic E-state index is -0.870. The van der Waals surface area contributed by atoms with Gasteiger partial charge in [-0.1, -0.05) is 6.07 Å². The lowest BCUT2D eigenvalue weighted by molar-refractivity contribution is -0.117. The molecule has 0 aliphatic rings. The van der Waals surface area contributed by atoms with E-state index in [1.165, 1.54) is 12.1 Å². The predicted octanol–water partition coefficient (Wildman–Crippen LogP) is 0.344. The Morgan fingerprint density at radius 1 is 1.33 bits per heavy atom. The summed E-state index contributed by atoms with van der Waals surface area (Å²) in [6.07, 6.45) is -0.0201. The Hall–Kier alpha value is -2.11. The Morgan fingerprint density at radius 3 is 2.53 bits per heavy atom. The van der Waals surface area contributed by atoms with Crippen LogP contribution in [0.2, 0.25) is 0 Å². The van der Waals surface area contributed by atoms with Crippen LogP contribution in [0.1, 0.15) is 5.56 Å². The monoisotopic (exact) mass is 211 g/mol. The van der Waals surface area contributed by atoms with Crippen LogP contribution < -0.4 is 16.8 Å². The minimum Gasteiger partial charge on any atom is -0.369 e. The van der Waals surface area contributed by atoms with Crippen LogP contribution in [0.15, 0.2) is 18.2 Å². The van der Waals surface area contributed by atoms with Crippen molar-refractivity contribution in [3.8, 4) is 0 Å². The number of carbonyl (C=O) groups excluding carboxylic acids is 2. The van der Waals surface area contributed by atoms with Crippen molar-refractivity contribution in [3.05, 3.63) is 29.6 Å². The highest BCUT2D eigenvalue weighted by atomic mass is 19.1. The number of hydrogen-bond acceptors (Lipinski definition) is 2. The van der Waals surface area contributed by atoms with E-state index >= 15 is 0 Å². The zero-order chi connectivity index (χ0) is 11.4. The second kappa shape index (κ2) is 4.41. The summed E-state index contributed by atoms with van der Waals surface area (Å²) >= 11 is 0. The Morgan fingerprint density at radius 2 is 2.00 bits per heavy atom. The highest BCUT2D eigenvalue weighted by Gasteiger charge is 2.06. The lowest BCUT2D eigenvalue weighted by Crippen LogP contribution is -2.20. The number of primary amides is 2. The number of anilines is 1. The van der Waals surface area contributed by atoms with Gasteiger partial charge in [-0.3, -0.25) is 4.79 Å². The summed E-state index contributed by atoms with van der Waals surface area (Å²) in [4.78, 5) is 21.1. The van der Waals surface area contributed by atoms with Crippen molar-refractivity contribution in [1.82, 2.24) is 0 Å². The van der Waals surface area contributed by atoms with Gasteiger partial charge in [0.15, 0.2) is 0 Å². The van der Waals surface area contributed by atoms with E-state index in [0.717, 1.165) is 6.07 Å². The fourth-order valence-electron chi connectivity index (χ4n) is 1.11. The van der Waals surface area contributed by atoms with Gasteiger partial charge >= 0.3 is 6.03 Å². The molecule has 0 saturated heterocycles. The third-order valence-electron chi connectivity index (χ3n) is 1.67. The predicted molar refractivity (Wildman–Crippen MR) is 52.5 cm³/mol. The lowest BCUT2D eigenvalue weighted by Gasteiger charge is -2.05. The first kappa shape index (κ1) is 11.0. The molecule has 0 fully saturated rings. The van der Waals surface area contributed by atoms with E-state index in [2.05, 4.69) is 5.32 Å². The van der Waals surface area contributed by atoms with Gasteiger partial charge in [-0.2, -0.15) is 0 Å². The first-order valence-electron chi connectivity index (χ1n) is 4.12. The molecule has 1 aromatic rings. The molecule has 0 saturated carbocycles. The maximum absolute atomic E-state index is 13.1. The van der Waals surface area contributed by atoms with Crippen molar-refractivity contribution < 1.29 is 14.0 Å². The molecule has 0 aliphatic carbocycles. The normalized spacial score (nSPS) is 9.67. The zero-order valence-electron chi connectivity index (χ0n) is 7.79. The van der Waals surface area contributed by atoms with E-state index < -0.39 is 17.8 Å². The van der Waals surface area contributed by atoms with Crippen molar-refractivity contribution in [2.24, 2.45) is 11.5 Å². The van der Waals surface area contributed by atoms with Crippen LogP contribution in [-0.4, -0.2) is 11.9 Å². The molecule has 1 aromatic carbocycles. The van der Waals surface area contributed by atoms with Gasteiger partial charge in [0.05, 0.1) is 12.1 Å². The Balaban J connectivity index is 2.94. The van der Waals surface area contributed by atoms with E-state index in [1.54, 1.807) is 0 Å². The van der Waals surface area contributed by atoms with Crippen LogP contribution >= 0.6 is 0 Å². The molecule has 0 radical (unpaired) electrons. The Labute approximate surface area is 85.2 Å². The van der Waals surface area contributed by atoms with Crippen molar-refractivity contribution in [1.29, 1.82) is 0 Å². The molecule has 15 heavy (non-hydrogen) atoms. The number of rotatable bonds is 3.